The number of nitriles is 1. The maximum atomic E-state index is 12.0. The van der Waals surface area contributed by atoms with Crippen LogP contribution in [0.1, 0.15) is 25.7 Å². The van der Waals surface area contributed by atoms with E-state index in [4.69, 9.17) is 10.00 Å². The predicted molar refractivity (Wildman–Crippen MR) is 82.1 cm³/mol. The summed E-state index contributed by atoms with van der Waals surface area (Å²) in [6.45, 7) is 1.46. The van der Waals surface area contributed by atoms with Crippen LogP contribution in [0.25, 0.3) is 0 Å². The maximum Gasteiger partial charge on any atom is 0.238 e. The second-order valence-electron chi connectivity index (χ2n) is 5.27. The number of nitrogens with one attached hydrogen (secondary N) is 2. The first kappa shape index (κ1) is 16.0. The third-order valence-electron chi connectivity index (χ3n) is 3.51. The standard InChI is InChI=1S/C16H19N3O3/c17-8-5-15(20)18-13-1-3-14(4-2-13)19-16(21)11-12-6-9-22-10-7-12/h1-4,12H,5-7,9-11H2,(H,18,20)(H,19,21). The summed E-state index contributed by atoms with van der Waals surface area (Å²) in [5.74, 6) is 0.0327. The Balaban J connectivity index is 1.81. The number of nitrogens with zero attached hydrogens (tertiary/aromatic N) is 1. The predicted octanol–water partition coefficient (Wildman–Crippen LogP) is 2.29. The Morgan fingerprint density at radius 1 is 1.09 bits per heavy atom. The Morgan fingerprint density at radius 3 is 2.18 bits per heavy atom. The number of amides is 2. The molecule has 0 bridgehead atoms. The van der Waals surface area contributed by atoms with Crippen molar-refractivity contribution in [1.82, 2.24) is 0 Å². The van der Waals surface area contributed by atoms with Gasteiger partial charge in [0.1, 0.15) is 6.42 Å². The van der Waals surface area contributed by atoms with Crippen LogP contribution < -0.4 is 10.6 Å². The van der Waals surface area contributed by atoms with Crippen LogP contribution in [0.15, 0.2) is 24.3 Å². The molecule has 2 N–H and O–H groups in total. The van der Waals surface area contributed by atoms with Gasteiger partial charge in [-0.15, -0.1) is 0 Å². The zero-order chi connectivity index (χ0) is 15.8. The molecular weight excluding hydrogens is 282 g/mol. The first-order valence-corrected chi connectivity index (χ1v) is 7.32. The molecule has 0 aliphatic carbocycles. The Bertz CT molecular complexity index is 557. The summed E-state index contributed by atoms with van der Waals surface area (Å²) in [6.07, 6.45) is 2.18. The van der Waals surface area contributed by atoms with Crippen molar-refractivity contribution in [3.05, 3.63) is 24.3 Å². The first-order chi connectivity index (χ1) is 10.7. The molecule has 2 rings (SSSR count). The molecule has 1 aliphatic rings. The van der Waals surface area contributed by atoms with Crippen molar-refractivity contribution < 1.29 is 14.3 Å². The number of hydrogen-bond acceptors (Lipinski definition) is 4. The molecule has 1 aromatic carbocycles. The van der Waals surface area contributed by atoms with Crippen molar-refractivity contribution in [2.24, 2.45) is 5.92 Å². The number of anilines is 2. The zero-order valence-corrected chi connectivity index (χ0v) is 12.3. The lowest BCUT2D eigenvalue weighted by molar-refractivity contribution is -0.118. The maximum absolute atomic E-state index is 12.0. The Kier molecular flexibility index (Phi) is 5.92. The van der Waals surface area contributed by atoms with Gasteiger partial charge >= 0.3 is 0 Å². The van der Waals surface area contributed by atoms with E-state index in [1.54, 1.807) is 30.3 Å². The summed E-state index contributed by atoms with van der Waals surface area (Å²) < 4.78 is 5.28. The molecule has 116 valence electrons. The summed E-state index contributed by atoms with van der Waals surface area (Å²) >= 11 is 0. The van der Waals surface area contributed by atoms with E-state index in [1.807, 2.05) is 0 Å². The minimum Gasteiger partial charge on any atom is -0.381 e. The summed E-state index contributed by atoms with van der Waals surface area (Å²) in [5, 5.41) is 13.9. The zero-order valence-electron chi connectivity index (χ0n) is 12.3. The Morgan fingerprint density at radius 2 is 1.64 bits per heavy atom. The SMILES string of the molecule is N#CCC(=O)Nc1ccc(NC(=O)CC2CCOCC2)cc1. The van der Waals surface area contributed by atoms with E-state index in [1.165, 1.54) is 0 Å². The van der Waals surface area contributed by atoms with Crippen LogP contribution in [0.2, 0.25) is 0 Å². The molecule has 2 amide bonds. The number of ether oxygens (including phenoxy) is 1. The molecule has 0 saturated carbocycles. The second-order valence-corrected chi connectivity index (χ2v) is 5.27. The van der Waals surface area contributed by atoms with Gasteiger partial charge in [-0.3, -0.25) is 9.59 Å². The monoisotopic (exact) mass is 301 g/mol. The van der Waals surface area contributed by atoms with E-state index < -0.39 is 0 Å². The third kappa shape index (κ3) is 5.19. The van der Waals surface area contributed by atoms with Gasteiger partial charge in [0.05, 0.1) is 6.07 Å². The van der Waals surface area contributed by atoms with Gasteiger partial charge in [0.2, 0.25) is 11.8 Å². The second kappa shape index (κ2) is 8.15. The number of carbonyl (C=O) groups is 2. The lowest BCUT2D eigenvalue weighted by Gasteiger charge is -2.21. The largest absolute Gasteiger partial charge is 0.381 e. The molecule has 0 atom stereocenters. The minimum absolute atomic E-state index is 0.00633. The van der Waals surface area contributed by atoms with Crippen LogP contribution in [0.4, 0.5) is 11.4 Å². The number of carbonyl (C=O) groups excluding carboxylic acids is 2. The van der Waals surface area contributed by atoms with Crippen molar-refractivity contribution in [3.8, 4) is 6.07 Å². The topological polar surface area (TPSA) is 91.2 Å². The molecule has 0 unspecified atom stereocenters. The van der Waals surface area contributed by atoms with Gasteiger partial charge in [-0.2, -0.15) is 5.26 Å². The van der Waals surface area contributed by atoms with E-state index in [9.17, 15) is 9.59 Å². The van der Waals surface area contributed by atoms with Gasteiger partial charge in [0.15, 0.2) is 0 Å². The van der Waals surface area contributed by atoms with Crippen molar-refractivity contribution in [2.75, 3.05) is 23.8 Å². The van der Waals surface area contributed by atoms with Gasteiger partial charge in [-0.25, -0.2) is 0 Å². The van der Waals surface area contributed by atoms with E-state index in [2.05, 4.69) is 10.6 Å². The third-order valence-corrected chi connectivity index (χ3v) is 3.51. The molecule has 1 heterocycles. The summed E-state index contributed by atoms with van der Waals surface area (Å²) in [5.41, 5.74) is 1.29. The lowest BCUT2D eigenvalue weighted by atomic mass is 9.96. The number of hydrogen-bond donors (Lipinski definition) is 2. The van der Waals surface area contributed by atoms with Crippen molar-refractivity contribution >= 4 is 23.2 Å². The van der Waals surface area contributed by atoms with E-state index in [-0.39, 0.29) is 18.2 Å². The average Bonchev–Trinajstić information content (AvgIpc) is 2.50. The van der Waals surface area contributed by atoms with Gasteiger partial charge in [-0.1, -0.05) is 0 Å². The molecule has 6 heteroatoms. The highest BCUT2D eigenvalue weighted by Crippen LogP contribution is 2.20. The van der Waals surface area contributed by atoms with Crippen LogP contribution >= 0.6 is 0 Å². The van der Waals surface area contributed by atoms with Gasteiger partial charge < -0.3 is 15.4 Å². The minimum atomic E-state index is -0.348. The highest BCUT2D eigenvalue weighted by molar-refractivity contribution is 5.93. The molecule has 1 fully saturated rings. The van der Waals surface area contributed by atoms with E-state index in [0.29, 0.717) is 23.7 Å². The smallest absolute Gasteiger partial charge is 0.238 e. The van der Waals surface area contributed by atoms with E-state index >= 15 is 0 Å². The van der Waals surface area contributed by atoms with Crippen LogP contribution in [-0.2, 0) is 14.3 Å². The highest BCUT2D eigenvalue weighted by atomic mass is 16.5. The molecule has 0 aromatic heterocycles. The number of rotatable bonds is 5. The van der Waals surface area contributed by atoms with Crippen LogP contribution in [0.3, 0.4) is 0 Å². The Hall–Kier alpha value is -2.39. The van der Waals surface area contributed by atoms with Crippen molar-refractivity contribution in [1.29, 1.82) is 5.26 Å². The molecule has 1 aliphatic heterocycles. The fourth-order valence-corrected chi connectivity index (χ4v) is 2.34. The molecule has 6 nitrogen and oxygen atoms in total. The first-order valence-electron chi connectivity index (χ1n) is 7.32. The summed E-state index contributed by atoms with van der Waals surface area (Å²) in [7, 11) is 0. The molecule has 0 spiro atoms. The Labute approximate surface area is 129 Å². The van der Waals surface area contributed by atoms with Crippen LogP contribution in [-0.4, -0.2) is 25.0 Å². The van der Waals surface area contributed by atoms with Crippen LogP contribution in [0, 0.1) is 17.2 Å². The van der Waals surface area contributed by atoms with Crippen molar-refractivity contribution in [3.63, 3.8) is 0 Å². The lowest BCUT2D eigenvalue weighted by Crippen LogP contribution is -2.22. The average molecular weight is 301 g/mol. The summed E-state index contributed by atoms with van der Waals surface area (Å²) in [4.78, 5) is 23.3. The quantitative estimate of drug-likeness (QED) is 0.873. The van der Waals surface area contributed by atoms with Gasteiger partial charge in [0.25, 0.3) is 0 Å². The van der Waals surface area contributed by atoms with Gasteiger partial charge in [0, 0.05) is 31.0 Å². The molecule has 1 aromatic rings. The van der Waals surface area contributed by atoms with Crippen molar-refractivity contribution in [2.45, 2.75) is 25.7 Å². The molecular formula is C16H19N3O3. The molecule has 0 radical (unpaired) electrons. The van der Waals surface area contributed by atoms with Gasteiger partial charge in [-0.05, 0) is 43.0 Å². The molecule has 22 heavy (non-hydrogen) atoms. The van der Waals surface area contributed by atoms with Crippen LogP contribution in [0.5, 0.6) is 0 Å². The summed E-state index contributed by atoms with van der Waals surface area (Å²) in [6, 6.07) is 8.63. The fourth-order valence-electron chi connectivity index (χ4n) is 2.34. The number of benzene rings is 1. The van der Waals surface area contributed by atoms with E-state index in [0.717, 1.165) is 26.1 Å². The highest BCUT2D eigenvalue weighted by Gasteiger charge is 2.17. The normalized spacial score (nSPS) is 14.9. The fraction of sp³-hybridized carbons (Fsp3) is 0.438. The molecule has 1 saturated heterocycles.